The first-order chi connectivity index (χ1) is 9.13. The van der Waals surface area contributed by atoms with Crippen LogP contribution >= 0.6 is 15.9 Å². The molecule has 19 heavy (non-hydrogen) atoms. The Morgan fingerprint density at radius 1 is 1.16 bits per heavy atom. The van der Waals surface area contributed by atoms with Crippen LogP contribution in [0.4, 0.5) is 5.69 Å². The largest absolute Gasteiger partial charge is 0.366 e. The molecule has 0 aliphatic rings. The minimum absolute atomic E-state index is 0.189. The molecule has 0 spiro atoms. The molecule has 2 aromatic carbocycles. The van der Waals surface area contributed by atoms with Gasteiger partial charge in [0.15, 0.2) is 0 Å². The van der Waals surface area contributed by atoms with Crippen LogP contribution in [0.25, 0.3) is 0 Å². The van der Waals surface area contributed by atoms with Crippen molar-refractivity contribution in [3.8, 4) is 0 Å². The molecule has 0 heterocycles. The number of aryl methyl sites for hydroxylation is 1. The Morgan fingerprint density at radius 2 is 1.84 bits per heavy atom. The van der Waals surface area contributed by atoms with E-state index < -0.39 is 0 Å². The van der Waals surface area contributed by atoms with Crippen molar-refractivity contribution in [2.75, 3.05) is 18.5 Å². The van der Waals surface area contributed by atoms with Gasteiger partial charge in [0.05, 0.1) is 6.04 Å². The molecular formula is C16H19BrN2. The number of hydrogen-bond donors (Lipinski definition) is 1. The van der Waals surface area contributed by atoms with E-state index in [0.29, 0.717) is 6.54 Å². The molecule has 2 nitrogen and oxygen atoms in total. The molecule has 100 valence electrons. The van der Waals surface area contributed by atoms with Crippen molar-refractivity contribution in [1.82, 2.24) is 0 Å². The SMILES string of the molecule is Cc1cc(C(CN)N(C)c2ccccc2)ccc1Br. The van der Waals surface area contributed by atoms with E-state index in [-0.39, 0.29) is 6.04 Å². The Labute approximate surface area is 123 Å². The molecule has 0 aliphatic carbocycles. The molecule has 0 aromatic heterocycles. The number of benzene rings is 2. The van der Waals surface area contributed by atoms with Gasteiger partial charge in [-0.15, -0.1) is 0 Å². The van der Waals surface area contributed by atoms with E-state index in [4.69, 9.17) is 5.73 Å². The normalized spacial score (nSPS) is 12.2. The van der Waals surface area contributed by atoms with Gasteiger partial charge < -0.3 is 10.6 Å². The molecule has 0 radical (unpaired) electrons. The van der Waals surface area contributed by atoms with E-state index in [2.05, 4.69) is 65.1 Å². The maximum Gasteiger partial charge on any atom is 0.0661 e. The first kappa shape index (κ1) is 14.1. The van der Waals surface area contributed by atoms with E-state index in [1.165, 1.54) is 16.8 Å². The van der Waals surface area contributed by atoms with Crippen LogP contribution in [-0.2, 0) is 0 Å². The number of halogens is 1. The second-order valence-corrected chi connectivity index (χ2v) is 5.56. The third-order valence-electron chi connectivity index (χ3n) is 3.42. The zero-order valence-electron chi connectivity index (χ0n) is 11.3. The summed E-state index contributed by atoms with van der Waals surface area (Å²) in [4.78, 5) is 2.22. The summed E-state index contributed by atoms with van der Waals surface area (Å²) in [6, 6.07) is 16.9. The number of rotatable bonds is 4. The molecule has 0 fully saturated rings. The topological polar surface area (TPSA) is 29.3 Å². The average molecular weight is 319 g/mol. The van der Waals surface area contributed by atoms with Gasteiger partial charge in [-0.2, -0.15) is 0 Å². The van der Waals surface area contributed by atoms with E-state index in [1.54, 1.807) is 0 Å². The van der Waals surface area contributed by atoms with Crippen LogP contribution in [0.2, 0.25) is 0 Å². The maximum atomic E-state index is 5.98. The molecule has 1 unspecified atom stereocenters. The van der Waals surface area contributed by atoms with Crippen molar-refractivity contribution in [2.45, 2.75) is 13.0 Å². The fraction of sp³-hybridized carbons (Fsp3) is 0.250. The Morgan fingerprint density at radius 3 is 2.42 bits per heavy atom. The molecule has 0 amide bonds. The number of nitrogens with zero attached hydrogens (tertiary/aromatic N) is 1. The molecule has 2 aromatic rings. The minimum atomic E-state index is 0.189. The van der Waals surface area contributed by atoms with Crippen molar-refractivity contribution in [2.24, 2.45) is 5.73 Å². The number of hydrogen-bond acceptors (Lipinski definition) is 2. The lowest BCUT2D eigenvalue weighted by Crippen LogP contribution is -2.30. The van der Waals surface area contributed by atoms with Gasteiger partial charge in [0.25, 0.3) is 0 Å². The summed E-state index contributed by atoms with van der Waals surface area (Å²) in [6.45, 7) is 2.69. The minimum Gasteiger partial charge on any atom is -0.366 e. The lowest BCUT2D eigenvalue weighted by molar-refractivity contribution is 0.680. The molecule has 1 atom stereocenters. The lowest BCUT2D eigenvalue weighted by atomic mass is 10.0. The third kappa shape index (κ3) is 3.17. The average Bonchev–Trinajstić information content (AvgIpc) is 2.44. The summed E-state index contributed by atoms with van der Waals surface area (Å²) in [6.07, 6.45) is 0. The number of anilines is 1. The first-order valence-electron chi connectivity index (χ1n) is 6.37. The van der Waals surface area contributed by atoms with E-state index in [1.807, 2.05) is 18.2 Å². The maximum absolute atomic E-state index is 5.98. The smallest absolute Gasteiger partial charge is 0.0661 e. The Hall–Kier alpha value is -1.32. The molecule has 0 bridgehead atoms. The molecule has 3 heteroatoms. The summed E-state index contributed by atoms with van der Waals surface area (Å²) in [5.41, 5.74) is 9.64. The number of nitrogens with two attached hydrogens (primary N) is 1. The van der Waals surface area contributed by atoms with Crippen molar-refractivity contribution < 1.29 is 0 Å². The van der Waals surface area contributed by atoms with Crippen molar-refractivity contribution in [1.29, 1.82) is 0 Å². The van der Waals surface area contributed by atoms with Crippen LogP contribution in [0.3, 0.4) is 0 Å². The van der Waals surface area contributed by atoms with Crippen LogP contribution in [0.15, 0.2) is 53.0 Å². The highest BCUT2D eigenvalue weighted by molar-refractivity contribution is 9.10. The van der Waals surface area contributed by atoms with Gasteiger partial charge in [-0.1, -0.05) is 46.3 Å². The zero-order chi connectivity index (χ0) is 13.8. The highest BCUT2D eigenvalue weighted by Gasteiger charge is 2.16. The van der Waals surface area contributed by atoms with Crippen LogP contribution in [0.1, 0.15) is 17.2 Å². The van der Waals surface area contributed by atoms with Gasteiger partial charge in [-0.3, -0.25) is 0 Å². The summed E-state index contributed by atoms with van der Waals surface area (Å²) in [7, 11) is 2.09. The number of likely N-dealkylation sites (N-methyl/N-ethyl adjacent to an activating group) is 1. The summed E-state index contributed by atoms with van der Waals surface area (Å²) < 4.78 is 1.13. The fourth-order valence-corrected chi connectivity index (χ4v) is 2.48. The van der Waals surface area contributed by atoms with Crippen LogP contribution < -0.4 is 10.6 Å². The highest BCUT2D eigenvalue weighted by atomic mass is 79.9. The Kier molecular flexibility index (Phi) is 4.61. The zero-order valence-corrected chi connectivity index (χ0v) is 12.9. The van der Waals surface area contributed by atoms with Crippen LogP contribution in [0.5, 0.6) is 0 Å². The van der Waals surface area contributed by atoms with Crippen molar-refractivity contribution in [3.05, 3.63) is 64.1 Å². The van der Waals surface area contributed by atoms with Gasteiger partial charge in [0, 0.05) is 23.8 Å². The summed E-state index contributed by atoms with van der Waals surface area (Å²) >= 11 is 3.54. The second kappa shape index (κ2) is 6.22. The standard InChI is InChI=1S/C16H19BrN2/c1-12-10-13(8-9-15(12)17)16(11-18)19(2)14-6-4-3-5-7-14/h3-10,16H,11,18H2,1-2H3. The van der Waals surface area contributed by atoms with E-state index >= 15 is 0 Å². The third-order valence-corrected chi connectivity index (χ3v) is 4.31. The van der Waals surface area contributed by atoms with Crippen molar-refractivity contribution >= 4 is 21.6 Å². The van der Waals surface area contributed by atoms with Crippen LogP contribution in [-0.4, -0.2) is 13.6 Å². The van der Waals surface area contributed by atoms with Gasteiger partial charge in [-0.05, 0) is 36.2 Å². The quantitative estimate of drug-likeness (QED) is 0.926. The Balaban J connectivity index is 2.31. The number of para-hydroxylation sites is 1. The van der Waals surface area contributed by atoms with E-state index in [0.717, 1.165) is 4.47 Å². The molecule has 0 aliphatic heterocycles. The predicted octanol–water partition coefficient (Wildman–Crippen LogP) is 3.89. The Bertz CT molecular complexity index is 540. The molecule has 0 saturated heterocycles. The molecule has 0 saturated carbocycles. The van der Waals surface area contributed by atoms with Crippen LogP contribution in [0, 0.1) is 6.92 Å². The summed E-state index contributed by atoms with van der Waals surface area (Å²) in [5, 5.41) is 0. The fourth-order valence-electron chi connectivity index (χ4n) is 2.24. The van der Waals surface area contributed by atoms with E-state index in [9.17, 15) is 0 Å². The highest BCUT2D eigenvalue weighted by Crippen LogP contribution is 2.27. The van der Waals surface area contributed by atoms with Gasteiger partial charge in [-0.25, -0.2) is 0 Å². The van der Waals surface area contributed by atoms with Crippen molar-refractivity contribution in [3.63, 3.8) is 0 Å². The lowest BCUT2D eigenvalue weighted by Gasteiger charge is -2.29. The molecular weight excluding hydrogens is 300 g/mol. The predicted molar refractivity (Wildman–Crippen MR) is 85.5 cm³/mol. The van der Waals surface area contributed by atoms with Gasteiger partial charge in [0.1, 0.15) is 0 Å². The summed E-state index contributed by atoms with van der Waals surface area (Å²) in [5.74, 6) is 0. The molecule has 2 N–H and O–H groups in total. The first-order valence-corrected chi connectivity index (χ1v) is 7.16. The van der Waals surface area contributed by atoms with Gasteiger partial charge >= 0.3 is 0 Å². The second-order valence-electron chi connectivity index (χ2n) is 4.71. The molecule has 2 rings (SSSR count). The monoisotopic (exact) mass is 318 g/mol. The van der Waals surface area contributed by atoms with Gasteiger partial charge in [0.2, 0.25) is 0 Å².